The average molecular weight is 225 g/mol. The van der Waals surface area contributed by atoms with E-state index in [1.165, 1.54) is 18.4 Å². The summed E-state index contributed by atoms with van der Waals surface area (Å²) in [7, 11) is 0. The second-order valence-electron chi connectivity index (χ2n) is 5.56. The van der Waals surface area contributed by atoms with Crippen molar-refractivity contribution in [1.29, 1.82) is 0 Å². The van der Waals surface area contributed by atoms with Gasteiger partial charge in [-0.2, -0.15) is 0 Å². The number of carbonyl (C=O) groups is 1. The van der Waals surface area contributed by atoms with Crippen molar-refractivity contribution < 1.29 is 9.90 Å². The van der Waals surface area contributed by atoms with Crippen LogP contribution in [-0.4, -0.2) is 16.7 Å². The van der Waals surface area contributed by atoms with Crippen molar-refractivity contribution in [1.82, 2.24) is 5.32 Å². The fraction of sp³-hybridized carbons (Fsp3) is 0.769. The maximum Gasteiger partial charge on any atom is 0.405 e. The highest BCUT2D eigenvalue weighted by Gasteiger charge is 2.35. The van der Waals surface area contributed by atoms with Crippen LogP contribution >= 0.6 is 0 Å². The Morgan fingerprint density at radius 2 is 2.06 bits per heavy atom. The van der Waals surface area contributed by atoms with E-state index >= 15 is 0 Å². The molecule has 2 N–H and O–H groups in total. The molecule has 1 aliphatic rings. The minimum Gasteiger partial charge on any atom is -0.465 e. The molecular weight excluding hydrogens is 202 g/mol. The molecule has 16 heavy (non-hydrogen) atoms. The number of rotatable bonds is 3. The summed E-state index contributed by atoms with van der Waals surface area (Å²) in [5.74, 6) is 0.979. The van der Waals surface area contributed by atoms with E-state index in [2.05, 4.69) is 18.8 Å². The van der Waals surface area contributed by atoms with Gasteiger partial charge in [0, 0.05) is 5.54 Å². The van der Waals surface area contributed by atoms with E-state index in [0.717, 1.165) is 12.8 Å². The molecule has 0 saturated heterocycles. The first kappa shape index (κ1) is 13.1. The van der Waals surface area contributed by atoms with Crippen LogP contribution in [0.3, 0.4) is 0 Å². The number of carboxylic acid groups (broad SMARTS) is 1. The van der Waals surface area contributed by atoms with Crippen LogP contribution in [0.25, 0.3) is 0 Å². The zero-order chi connectivity index (χ0) is 12.3. The quantitative estimate of drug-likeness (QED) is 0.723. The van der Waals surface area contributed by atoms with Crippen LogP contribution in [0, 0.1) is 11.8 Å². The fourth-order valence-electron chi connectivity index (χ4n) is 2.67. The molecule has 0 radical (unpaired) electrons. The Hall–Kier alpha value is -0.990. The SMILES string of the molecule is C=C(C)C1CCCC(C(C)(C)NC(=O)O)C1. The molecule has 1 fully saturated rings. The molecule has 2 unspecified atom stereocenters. The van der Waals surface area contributed by atoms with Gasteiger partial charge in [0.05, 0.1) is 0 Å². The predicted octanol–water partition coefficient (Wildman–Crippen LogP) is 3.42. The van der Waals surface area contributed by atoms with Crippen molar-refractivity contribution in [3.8, 4) is 0 Å². The molecule has 3 nitrogen and oxygen atoms in total. The lowest BCUT2D eigenvalue weighted by Crippen LogP contribution is -2.49. The molecule has 0 spiro atoms. The Morgan fingerprint density at radius 1 is 1.44 bits per heavy atom. The average Bonchev–Trinajstić information content (AvgIpc) is 2.16. The van der Waals surface area contributed by atoms with Crippen molar-refractivity contribution in [3.63, 3.8) is 0 Å². The maximum absolute atomic E-state index is 10.7. The summed E-state index contributed by atoms with van der Waals surface area (Å²) in [6.45, 7) is 10.1. The van der Waals surface area contributed by atoms with E-state index in [-0.39, 0.29) is 5.54 Å². The molecule has 0 bridgehead atoms. The van der Waals surface area contributed by atoms with Crippen LogP contribution in [0.5, 0.6) is 0 Å². The zero-order valence-electron chi connectivity index (χ0n) is 10.5. The minimum absolute atomic E-state index is 0.333. The molecular formula is C13H23NO2. The lowest BCUT2D eigenvalue weighted by molar-refractivity contribution is 0.143. The Labute approximate surface area is 97.9 Å². The molecule has 0 heterocycles. The van der Waals surface area contributed by atoms with Gasteiger partial charge in [-0.1, -0.05) is 18.6 Å². The molecule has 0 aliphatic heterocycles. The van der Waals surface area contributed by atoms with Crippen LogP contribution in [-0.2, 0) is 0 Å². The summed E-state index contributed by atoms with van der Waals surface area (Å²) in [5.41, 5.74) is 0.899. The van der Waals surface area contributed by atoms with Crippen LogP contribution in [0.1, 0.15) is 46.5 Å². The summed E-state index contributed by atoms with van der Waals surface area (Å²) in [4.78, 5) is 10.7. The van der Waals surface area contributed by atoms with Crippen LogP contribution < -0.4 is 5.32 Å². The van der Waals surface area contributed by atoms with Gasteiger partial charge in [0.15, 0.2) is 0 Å². The van der Waals surface area contributed by atoms with E-state index in [1.807, 2.05) is 13.8 Å². The monoisotopic (exact) mass is 225 g/mol. The Kier molecular flexibility index (Phi) is 4.00. The highest BCUT2D eigenvalue weighted by atomic mass is 16.4. The van der Waals surface area contributed by atoms with Crippen molar-refractivity contribution >= 4 is 6.09 Å². The molecule has 3 heteroatoms. The third-order valence-electron chi connectivity index (χ3n) is 3.82. The first-order valence-electron chi connectivity index (χ1n) is 5.99. The van der Waals surface area contributed by atoms with Crippen molar-refractivity contribution in [2.24, 2.45) is 11.8 Å². The highest BCUT2D eigenvalue weighted by molar-refractivity contribution is 5.65. The molecule has 92 valence electrons. The lowest BCUT2D eigenvalue weighted by atomic mass is 9.71. The molecule has 1 amide bonds. The number of nitrogens with one attached hydrogen (secondary N) is 1. The second kappa shape index (κ2) is 4.89. The fourth-order valence-corrected chi connectivity index (χ4v) is 2.67. The third-order valence-corrected chi connectivity index (χ3v) is 3.82. The largest absolute Gasteiger partial charge is 0.465 e. The third kappa shape index (κ3) is 3.26. The number of hydrogen-bond donors (Lipinski definition) is 2. The predicted molar refractivity (Wildman–Crippen MR) is 65.5 cm³/mol. The van der Waals surface area contributed by atoms with E-state index in [9.17, 15) is 4.79 Å². The van der Waals surface area contributed by atoms with Crippen LogP contribution in [0.4, 0.5) is 4.79 Å². The summed E-state index contributed by atoms with van der Waals surface area (Å²) >= 11 is 0. The van der Waals surface area contributed by atoms with Gasteiger partial charge < -0.3 is 10.4 Å². The van der Waals surface area contributed by atoms with Gasteiger partial charge in [0.2, 0.25) is 0 Å². The Bertz CT molecular complexity index is 284. The standard InChI is InChI=1S/C13H23NO2/c1-9(2)10-6-5-7-11(8-10)13(3,4)14-12(15)16/h10-11,14H,1,5-8H2,2-4H3,(H,15,16). The van der Waals surface area contributed by atoms with Gasteiger partial charge in [0.25, 0.3) is 0 Å². The highest BCUT2D eigenvalue weighted by Crippen LogP contribution is 2.38. The van der Waals surface area contributed by atoms with E-state index in [4.69, 9.17) is 5.11 Å². The van der Waals surface area contributed by atoms with Gasteiger partial charge in [-0.15, -0.1) is 0 Å². The number of amides is 1. The van der Waals surface area contributed by atoms with Crippen molar-refractivity contribution in [2.75, 3.05) is 0 Å². The molecule has 0 aromatic carbocycles. The Morgan fingerprint density at radius 3 is 2.56 bits per heavy atom. The van der Waals surface area contributed by atoms with Gasteiger partial charge in [-0.3, -0.25) is 0 Å². The Balaban J connectivity index is 2.65. The second-order valence-corrected chi connectivity index (χ2v) is 5.56. The van der Waals surface area contributed by atoms with E-state index in [1.54, 1.807) is 0 Å². The normalized spacial score (nSPS) is 26.2. The molecule has 1 saturated carbocycles. The number of hydrogen-bond acceptors (Lipinski definition) is 1. The first-order valence-corrected chi connectivity index (χ1v) is 5.99. The van der Waals surface area contributed by atoms with E-state index in [0.29, 0.717) is 11.8 Å². The van der Waals surface area contributed by atoms with Gasteiger partial charge in [-0.05, 0) is 51.9 Å². The van der Waals surface area contributed by atoms with Crippen molar-refractivity contribution in [3.05, 3.63) is 12.2 Å². The first-order chi connectivity index (χ1) is 7.33. The van der Waals surface area contributed by atoms with E-state index < -0.39 is 6.09 Å². The summed E-state index contributed by atoms with van der Waals surface area (Å²) in [6.07, 6.45) is 3.61. The lowest BCUT2D eigenvalue weighted by Gasteiger charge is -2.40. The molecule has 0 aromatic heterocycles. The smallest absolute Gasteiger partial charge is 0.405 e. The maximum atomic E-state index is 10.7. The summed E-state index contributed by atoms with van der Waals surface area (Å²) in [5, 5.41) is 11.5. The molecule has 1 aliphatic carbocycles. The van der Waals surface area contributed by atoms with Crippen LogP contribution in [0.2, 0.25) is 0 Å². The minimum atomic E-state index is -0.928. The summed E-state index contributed by atoms with van der Waals surface area (Å²) in [6, 6.07) is 0. The van der Waals surface area contributed by atoms with Gasteiger partial charge in [0.1, 0.15) is 0 Å². The van der Waals surface area contributed by atoms with Gasteiger partial charge in [-0.25, -0.2) is 4.79 Å². The number of allylic oxidation sites excluding steroid dienone is 1. The zero-order valence-corrected chi connectivity index (χ0v) is 10.5. The molecule has 0 aromatic rings. The van der Waals surface area contributed by atoms with Gasteiger partial charge >= 0.3 is 6.09 Å². The van der Waals surface area contributed by atoms with Crippen molar-refractivity contribution in [2.45, 2.75) is 52.0 Å². The molecule has 1 rings (SSSR count). The van der Waals surface area contributed by atoms with Crippen LogP contribution in [0.15, 0.2) is 12.2 Å². The topological polar surface area (TPSA) is 49.3 Å². The summed E-state index contributed by atoms with van der Waals surface area (Å²) < 4.78 is 0. The molecule has 2 atom stereocenters.